The zero-order chi connectivity index (χ0) is 11.4. The number of benzene rings is 1. The summed E-state index contributed by atoms with van der Waals surface area (Å²) in [7, 11) is 0. The molecule has 0 heterocycles. The summed E-state index contributed by atoms with van der Waals surface area (Å²) in [5, 5.41) is 3.42. The summed E-state index contributed by atoms with van der Waals surface area (Å²) in [6.07, 6.45) is 6.37. The van der Waals surface area contributed by atoms with Gasteiger partial charge in [-0.1, -0.05) is 25.3 Å². The number of hydrogen-bond acceptors (Lipinski definition) is 2. The molecule has 0 bridgehead atoms. The minimum Gasteiger partial charge on any atom is -0.399 e. The van der Waals surface area contributed by atoms with Crippen LogP contribution < -0.4 is 11.1 Å². The van der Waals surface area contributed by atoms with E-state index in [4.69, 9.17) is 5.73 Å². The summed E-state index contributed by atoms with van der Waals surface area (Å²) in [4.78, 5) is 0. The molecule has 3 N–H and O–H groups in total. The first-order valence-electron chi connectivity index (χ1n) is 6.03. The second-order valence-electron chi connectivity index (χ2n) is 4.57. The second-order valence-corrected chi connectivity index (χ2v) is 4.57. The van der Waals surface area contributed by atoms with Crippen molar-refractivity contribution in [1.82, 2.24) is 5.32 Å². The molecular weight excluding hydrogens is 203 g/mol. The van der Waals surface area contributed by atoms with Gasteiger partial charge in [0.15, 0.2) is 0 Å². The largest absolute Gasteiger partial charge is 0.399 e. The van der Waals surface area contributed by atoms with Crippen LogP contribution in [-0.4, -0.2) is 6.04 Å². The molecule has 2 rings (SSSR count). The fourth-order valence-corrected chi connectivity index (χ4v) is 2.27. The number of rotatable bonds is 3. The Labute approximate surface area is 96.0 Å². The van der Waals surface area contributed by atoms with E-state index >= 15 is 0 Å². The SMILES string of the molecule is Nc1ccc(CNC2CCCCC2)c(F)c1. The van der Waals surface area contributed by atoms with Gasteiger partial charge in [-0.05, 0) is 25.0 Å². The average Bonchev–Trinajstić information content (AvgIpc) is 2.29. The molecule has 1 aromatic carbocycles. The molecule has 0 aliphatic heterocycles. The number of anilines is 1. The van der Waals surface area contributed by atoms with Crippen LogP contribution in [0.4, 0.5) is 10.1 Å². The van der Waals surface area contributed by atoms with Gasteiger partial charge in [0.05, 0.1) is 0 Å². The highest BCUT2D eigenvalue weighted by molar-refractivity contribution is 5.40. The highest BCUT2D eigenvalue weighted by atomic mass is 19.1. The maximum Gasteiger partial charge on any atom is 0.129 e. The van der Waals surface area contributed by atoms with Crippen LogP contribution in [0, 0.1) is 5.82 Å². The zero-order valence-corrected chi connectivity index (χ0v) is 9.51. The van der Waals surface area contributed by atoms with E-state index in [0.29, 0.717) is 23.8 Å². The lowest BCUT2D eigenvalue weighted by Crippen LogP contribution is -2.30. The van der Waals surface area contributed by atoms with Crippen molar-refractivity contribution in [2.75, 3.05) is 5.73 Å². The molecule has 0 radical (unpaired) electrons. The van der Waals surface area contributed by atoms with E-state index in [0.717, 1.165) is 0 Å². The van der Waals surface area contributed by atoms with E-state index in [1.54, 1.807) is 12.1 Å². The van der Waals surface area contributed by atoms with E-state index in [2.05, 4.69) is 5.32 Å². The summed E-state index contributed by atoms with van der Waals surface area (Å²) in [5.41, 5.74) is 6.70. The monoisotopic (exact) mass is 222 g/mol. The topological polar surface area (TPSA) is 38.0 Å². The Morgan fingerprint density at radius 3 is 2.69 bits per heavy atom. The first-order valence-corrected chi connectivity index (χ1v) is 6.03. The highest BCUT2D eigenvalue weighted by Gasteiger charge is 2.13. The van der Waals surface area contributed by atoms with Gasteiger partial charge in [0.25, 0.3) is 0 Å². The summed E-state index contributed by atoms with van der Waals surface area (Å²) in [6, 6.07) is 5.46. The van der Waals surface area contributed by atoms with Gasteiger partial charge in [0.1, 0.15) is 5.82 Å². The van der Waals surface area contributed by atoms with E-state index in [1.807, 2.05) is 0 Å². The molecule has 0 aromatic heterocycles. The summed E-state index contributed by atoms with van der Waals surface area (Å²) in [6.45, 7) is 0.608. The van der Waals surface area contributed by atoms with Crippen molar-refractivity contribution in [2.45, 2.75) is 44.7 Å². The molecule has 1 aliphatic carbocycles. The van der Waals surface area contributed by atoms with Crippen LogP contribution in [0.3, 0.4) is 0 Å². The maximum atomic E-state index is 13.5. The third-order valence-electron chi connectivity index (χ3n) is 3.26. The molecule has 0 spiro atoms. The van der Waals surface area contributed by atoms with Crippen molar-refractivity contribution in [3.8, 4) is 0 Å². The molecular formula is C13H19FN2. The fourth-order valence-electron chi connectivity index (χ4n) is 2.27. The normalized spacial score (nSPS) is 17.6. The standard InChI is InChI=1S/C13H19FN2/c14-13-8-11(15)7-6-10(13)9-16-12-4-2-1-3-5-12/h6-8,12,16H,1-5,9,15H2. The second kappa shape index (κ2) is 5.30. The van der Waals surface area contributed by atoms with Gasteiger partial charge in [-0.15, -0.1) is 0 Å². The first-order chi connectivity index (χ1) is 7.75. The molecule has 1 fully saturated rings. The first kappa shape index (κ1) is 11.4. The molecule has 16 heavy (non-hydrogen) atoms. The molecule has 0 atom stereocenters. The Bertz CT molecular complexity index is 346. The Balaban J connectivity index is 1.88. The van der Waals surface area contributed by atoms with Crippen LogP contribution in [0.5, 0.6) is 0 Å². The van der Waals surface area contributed by atoms with Gasteiger partial charge in [-0.25, -0.2) is 4.39 Å². The zero-order valence-electron chi connectivity index (χ0n) is 9.51. The molecule has 2 nitrogen and oxygen atoms in total. The number of nitrogens with two attached hydrogens (primary N) is 1. The van der Waals surface area contributed by atoms with Gasteiger partial charge in [-0.2, -0.15) is 0 Å². The van der Waals surface area contributed by atoms with Crippen molar-refractivity contribution >= 4 is 5.69 Å². The fraction of sp³-hybridized carbons (Fsp3) is 0.538. The van der Waals surface area contributed by atoms with Crippen molar-refractivity contribution in [3.63, 3.8) is 0 Å². The van der Waals surface area contributed by atoms with Gasteiger partial charge in [0.2, 0.25) is 0 Å². The van der Waals surface area contributed by atoms with Crippen LogP contribution in [0.1, 0.15) is 37.7 Å². The van der Waals surface area contributed by atoms with Crippen LogP contribution in [0.15, 0.2) is 18.2 Å². The Morgan fingerprint density at radius 1 is 1.25 bits per heavy atom. The molecule has 0 amide bonds. The molecule has 1 aliphatic rings. The van der Waals surface area contributed by atoms with Crippen LogP contribution in [-0.2, 0) is 6.54 Å². The van der Waals surface area contributed by atoms with Gasteiger partial charge in [-0.3, -0.25) is 0 Å². The Hall–Kier alpha value is -1.09. The molecule has 1 aromatic rings. The minimum absolute atomic E-state index is 0.205. The Kier molecular flexibility index (Phi) is 3.78. The van der Waals surface area contributed by atoms with E-state index in [1.165, 1.54) is 38.2 Å². The molecule has 1 saturated carbocycles. The lowest BCUT2D eigenvalue weighted by Gasteiger charge is -2.23. The average molecular weight is 222 g/mol. The van der Waals surface area contributed by atoms with Gasteiger partial charge >= 0.3 is 0 Å². The maximum absolute atomic E-state index is 13.5. The number of halogens is 1. The van der Waals surface area contributed by atoms with Crippen LogP contribution in [0.2, 0.25) is 0 Å². The van der Waals surface area contributed by atoms with Gasteiger partial charge < -0.3 is 11.1 Å². The number of nitrogen functional groups attached to an aromatic ring is 1. The predicted molar refractivity (Wildman–Crippen MR) is 64.5 cm³/mol. The number of hydrogen-bond donors (Lipinski definition) is 2. The summed E-state index contributed by atoms with van der Waals surface area (Å²) >= 11 is 0. The van der Waals surface area contributed by atoms with Gasteiger partial charge in [0, 0.05) is 23.8 Å². The quantitative estimate of drug-likeness (QED) is 0.772. The number of nitrogens with one attached hydrogen (secondary N) is 1. The van der Waals surface area contributed by atoms with Crippen molar-refractivity contribution < 1.29 is 4.39 Å². The van der Waals surface area contributed by atoms with E-state index in [-0.39, 0.29) is 5.82 Å². The summed E-state index contributed by atoms with van der Waals surface area (Å²) < 4.78 is 13.5. The lowest BCUT2D eigenvalue weighted by atomic mass is 9.95. The minimum atomic E-state index is -0.205. The molecule has 0 saturated heterocycles. The van der Waals surface area contributed by atoms with Crippen molar-refractivity contribution in [3.05, 3.63) is 29.6 Å². The van der Waals surface area contributed by atoms with E-state index < -0.39 is 0 Å². The Morgan fingerprint density at radius 2 is 2.00 bits per heavy atom. The molecule has 0 unspecified atom stereocenters. The van der Waals surface area contributed by atoms with Crippen molar-refractivity contribution in [1.29, 1.82) is 0 Å². The third-order valence-corrected chi connectivity index (χ3v) is 3.26. The molecule has 3 heteroatoms. The smallest absolute Gasteiger partial charge is 0.129 e. The highest BCUT2D eigenvalue weighted by Crippen LogP contribution is 2.18. The predicted octanol–water partition coefficient (Wildman–Crippen LogP) is 2.83. The third kappa shape index (κ3) is 2.95. The van der Waals surface area contributed by atoms with Crippen molar-refractivity contribution in [2.24, 2.45) is 0 Å². The summed E-state index contributed by atoms with van der Waals surface area (Å²) in [5.74, 6) is -0.205. The van der Waals surface area contributed by atoms with Crippen LogP contribution >= 0.6 is 0 Å². The van der Waals surface area contributed by atoms with E-state index in [9.17, 15) is 4.39 Å². The van der Waals surface area contributed by atoms with Crippen LogP contribution in [0.25, 0.3) is 0 Å². The lowest BCUT2D eigenvalue weighted by molar-refractivity contribution is 0.370. The molecule has 88 valence electrons.